The van der Waals surface area contributed by atoms with E-state index in [2.05, 4.69) is 36.4 Å². The number of para-hydroxylation sites is 1. The fourth-order valence-corrected chi connectivity index (χ4v) is 3.68. The number of aromatic nitrogens is 4. The van der Waals surface area contributed by atoms with Crippen molar-refractivity contribution in [2.24, 2.45) is 7.05 Å². The molecule has 0 fully saturated rings. The van der Waals surface area contributed by atoms with Gasteiger partial charge in [0.15, 0.2) is 5.65 Å². The highest BCUT2D eigenvalue weighted by Gasteiger charge is 2.14. The van der Waals surface area contributed by atoms with E-state index in [0.29, 0.717) is 15.3 Å². The van der Waals surface area contributed by atoms with E-state index in [1.54, 1.807) is 6.07 Å². The summed E-state index contributed by atoms with van der Waals surface area (Å²) >= 11 is 4.33. The maximum Gasteiger partial charge on any atom is 0.234 e. The molecule has 6 nitrogen and oxygen atoms in total. The van der Waals surface area contributed by atoms with Crippen molar-refractivity contribution < 1.29 is 9.18 Å². The zero-order valence-electron chi connectivity index (χ0n) is 14.1. The largest absolute Gasteiger partial charge is 0.327 e. The molecule has 4 aromatic rings. The molecule has 0 spiro atoms. The lowest BCUT2D eigenvalue weighted by Crippen LogP contribution is -2.15. The molecule has 9 heteroatoms. The van der Waals surface area contributed by atoms with Crippen LogP contribution in [0, 0.1) is 5.82 Å². The molecular formula is C18H13BrFN5OS. The number of fused-ring (bicyclic) bond motifs is 3. The molecule has 0 saturated heterocycles. The molecule has 2 aromatic carbocycles. The summed E-state index contributed by atoms with van der Waals surface area (Å²) < 4.78 is 16.4. The lowest BCUT2D eigenvalue weighted by molar-refractivity contribution is -0.113. The van der Waals surface area contributed by atoms with Crippen LogP contribution in [0.25, 0.3) is 22.1 Å². The van der Waals surface area contributed by atoms with E-state index in [0.717, 1.165) is 28.2 Å². The molecule has 0 bridgehead atoms. The first-order valence-corrected chi connectivity index (χ1v) is 9.76. The van der Waals surface area contributed by atoms with Crippen LogP contribution in [0.15, 0.2) is 52.1 Å². The molecule has 1 N–H and O–H groups in total. The number of rotatable bonds is 4. The van der Waals surface area contributed by atoms with E-state index in [1.807, 2.05) is 35.9 Å². The topological polar surface area (TPSA) is 72.7 Å². The van der Waals surface area contributed by atoms with Gasteiger partial charge in [0, 0.05) is 16.9 Å². The van der Waals surface area contributed by atoms with Gasteiger partial charge in [0.25, 0.3) is 0 Å². The number of hydrogen-bond donors (Lipinski definition) is 1. The number of carbonyl (C=O) groups excluding carboxylic acids is 1. The van der Waals surface area contributed by atoms with Gasteiger partial charge in [-0.2, -0.15) is 0 Å². The summed E-state index contributed by atoms with van der Waals surface area (Å²) in [6.07, 6.45) is 0. The van der Waals surface area contributed by atoms with E-state index in [1.165, 1.54) is 12.1 Å². The second-order valence-electron chi connectivity index (χ2n) is 5.80. The Morgan fingerprint density at radius 3 is 2.89 bits per heavy atom. The fraction of sp³-hybridized carbons (Fsp3) is 0.111. The number of benzene rings is 2. The van der Waals surface area contributed by atoms with Gasteiger partial charge in [-0.05, 0) is 24.3 Å². The molecule has 0 radical (unpaired) electrons. The number of thioether (sulfide) groups is 1. The SMILES string of the molecule is Cn1c2ccccc2c2nnc(SCC(=O)Nc3ccc(Br)cc3F)nc21. The highest BCUT2D eigenvalue weighted by Crippen LogP contribution is 2.26. The Labute approximate surface area is 166 Å². The number of anilines is 1. The Morgan fingerprint density at radius 2 is 2.07 bits per heavy atom. The minimum atomic E-state index is -0.502. The van der Waals surface area contributed by atoms with E-state index in [-0.39, 0.29) is 17.3 Å². The van der Waals surface area contributed by atoms with Crippen LogP contribution >= 0.6 is 27.7 Å². The van der Waals surface area contributed by atoms with Crippen molar-refractivity contribution in [1.29, 1.82) is 0 Å². The molecule has 2 heterocycles. The smallest absolute Gasteiger partial charge is 0.234 e. The van der Waals surface area contributed by atoms with E-state index in [9.17, 15) is 9.18 Å². The molecule has 2 aromatic heterocycles. The lowest BCUT2D eigenvalue weighted by Gasteiger charge is -2.06. The maximum atomic E-state index is 13.8. The Hall–Kier alpha value is -2.52. The van der Waals surface area contributed by atoms with Gasteiger partial charge in [0.05, 0.1) is 17.0 Å². The van der Waals surface area contributed by atoms with Gasteiger partial charge >= 0.3 is 0 Å². The van der Waals surface area contributed by atoms with Crippen LogP contribution in [-0.2, 0) is 11.8 Å². The number of hydrogen-bond acceptors (Lipinski definition) is 5. The predicted octanol–water partition coefficient (Wildman–Crippen LogP) is 4.15. The Kier molecular flexibility index (Phi) is 4.79. The average molecular weight is 446 g/mol. The van der Waals surface area contributed by atoms with Gasteiger partial charge in [-0.3, -0.25) is 4.79 Å². The van der Waals surface area contributed by atoms with E-state index in [4.69, 9.17) is 0 Å². The van der Waals surface area contributed by atoms with Crippen LogP contribution in [-0.4, -0.2) is 31.4 Å². The van der Waals surface area contributed by atoms with Crippen molar-refractivity contribution in [3.05, 3.63) is 52.8 Å². The zero-order valence-corrected chi connectivity index (χ0v) is 16.5. The van der Waals surface area contributed by atoms with Crippen LogP contribution in [0.1, 0.15) is 0 Å². The first-order valence-electron chi connectivity index (χ1n) is 7.98. The molecule has 4 rings (SSSR count). The van der Waals surface area contributed by atoms with Gasteiger partial charge in [-0.15, -0.1) is 10.2 Å². The first kappa shape index (κ1) is 17.9. The summed E-state index contributed by atoms with van der Waals surface area (Å²) in [4.78, 5) is 16.6. The number of halogens is 2. The Morgan fingerprint density at radius 1 is 1.26 bits per heavy atom. The summed E-state index contributed by atoms with van der Waals surface area (Å²) in [5.41, 5.74) is 2.57. The quantitative estimate of drug-likeness (QED) is 0.477. The Bertz CT molecular complexity index is 1180. The summed E-state index contributed by atoms with van der Waals surface area (Å²) in [5, 5.41) is 12.3. The standard InChI is InChI=1S/C18H13BrFN5OS/c1-25-14-5-3-2-4-11(14)16-17(25)22-18(24-23-16)27-9-15(26)21-13-7-6-10(19)8-12(13)20/h2-8H,9H2,1H3,(H,21,26). The summed E-state index contributed by atoms with van der Waals surface area (Å²) in [6, 6.07) is 12.3. The molecular weight excluding hydrogens is 433 g/mol. The average Bonchev–Trinajstić information content (AvgIpc) is 2.95. The van der Waals surface area contributed by atoms with Gasteiger partial charge in [0.2, 0.25) is 11.1 Å². The third kappa shape index (κ3) is 3.52. The number of nitrogens with one attached hydrogen (secondary N) is 1. The van der Waals surface area contributed by atoms with Crippen molar-refractivity contribution in [3.63, 3.8) is 0 Å². The number of aryl methyl sites for hydroxylation is 1. The highest BCUT2D eigenvalue weighted by atomic mass is 79.9. The number of carbonyl (C=O) groups is 1. The second kappa shape index (κ2) is 7.24. The third-order valence-electron chi connectivity index (χ3n) is 4.02. The van der Waals surface area contributed by atoms with Crippen LogP contribution in [0.5, 0.6) is 0 Å². The molecule has 0 aliphatic heterocycles. The monoisotopic (exact) mass is 445 g/mol. The normalized spacial score (nSPS) is 11.2. The van der Waals surface area contributed by atoms with Crippen LogP contribution in [0.3, 0.4) is 0 Å². The third-order valence-corrected chi connectivity index (χ3v) is 5.36. The predicted molar refractivity (Wildman–Crippen MR) is 107 cm³/mol. The minimum Gasteiger partial charge on any atom is -0.327 e. The summed E-state index contributed by atoms with van der Waals surface area (Å²) in [5.74, 6) is -0.799. The molecule has 0 atom stereocenters. The van der Waals surface area contributed by atoms with Gasteiger partial charge in [-0.1, -0.05) is 45.9 Å². The van der Waals surface area contributed by atoms with E-state index < -0.39 is 5.82 Å². The number of amides is 1. The van der Waals surface area contributed by atoms with Crippen molar-refractivity contribution in [3.8, 4) is 0 Å². The molecule has 0 saturated carbocycles. The van der Waals surface area contributed by atoms with Crippen molar-refractivity contribution in [2.45, 2.75) is 5.16 Å². The molecule has 136 valence electrons. The van der Waals surface area contributed by atoms with Gasteiger partial charge in [-0.25, -0.2) is 9.37 Å². The molecule has 1 amide bonds. The number of nitrogens with zero attached hydrogens (tertiary/aromatic N) is 4. The molecule has 0 aliphatic carbocycles. The maximum absolute atomic E-state index is 13.8. The van der Waals surface area contributed by atoms with Crippen molar-refractivity contribution >= 4 is 61.4 Å². The molecule has 0 unspecified atom stereocenters. The van der Waals surface area contributed by atoms with Crippen molar-refractivity contribution in [1.82, 2.24) is 19.7 Å². The van der Waals surface area contributed by atoms with Crippen molar-refractivity contribution in [2.75, 3.05) is 11.1 Å². The van der Waals surface area contributed by atoms with Crippen LogP contribution in [0.2, 0.25) is 0 Å². The second-order valence-corrected chi connectivity index (χ2v) is 7.66. The first-order chi connectivity index (χ1) is 13.0. The molecule has 27 heavy (non-hydrogen) atoms. The zero-order chi connectivity index (χ0) is 19.0. The summed E-state index contributed by atoms with van der Waals surface area (Å²) in [7, 11) is 1.91. The molecule has 0 aliphatic rings. The summed E-state index contributed by atoms with van der Waals surface area (Å²) in [6.45, 7) is 0. The van der Waals surface area contributed by atoms with Crippen LogP contribution in [0.4, 0.5) is 10.1 Å². The van der Waals surface area contributed by atoms with Gasteiger partial charge < -0.3 is 9.88 Å². The Balaban J connectivity index is 1.51. The minimum absolute atomic E-state index is 0.0482. The lowest BCUT2D eigenvalue weighted by atomic mass is 10.2. The van der Waals surface area contributed by atoms with E-state index >= 15 is 0 Å². The van der Waals surface area contributed by atoms with Crippen LogP contribution < -0.4 is 5.32 Å². The highest BCUT2D eigenvalue weighted by molar-refractivity contribution is 9.10. The fourth-order valence-electron chi connectivity index (χ4n) is 2.76. The van der Waals surface area contributed by atoms with Gasteiger partial charge in [0.1, 0.15) is 11.3 Å².